The number of hydrogen-bond donors (Lipinski definition) is 18. The van der Waals surface area contributed by atoms with Crippen LogP contribution in [-0.4, -0.2) is 311 Å². The molecule has 18 N–H and O–H groups in total. The van der Waals surface area contributed by atoms with E-state index in [0.29, 0.717) is 0 Å². The highest BCUT2D eigenvalue weighted by atomic mass is 16.8. The molecule has 0 aromatic heterocycles. The summed E-state index contributed by atoms with van der Waals surface area (Å²) < 4.78 is 63.3. The zero-order valence-electron chi connectivity index (χ0n) is 38.4. The summed E-state index contributed by atoms with van der Waals surface area (Å²) in [5, 5.41) is 176. The molecule has 0 spiro atoms. The fraction of sp³-hybridized carbons (Fsp3) is 0.950. The molecular weight excluding hydrogens is 972 g/mol. The van der Waals surface area contributed by atoms with E-state index in [0.717, 1.165) is 13.8 Å². The molecule has 6 heterocycles. The number of hydrogen-bond acceptors (Lipinski definition) is 29. The third-order valence-electron chi connectivity index (χ3n) is 13.1. The monoisotopic (exact) mass is 1040 g/mol. The van der Waals surface area contributed by atoms with Gasteiger partial charge < -0.3 is 144 Å². The van der Waals surface area contributed by atoms with E-state index < -0.39 is 223 Å². The normalized spacial score (nSPS) is 49.8. The van der Waals surface area contributed by atoms with Crippen molar-refractivity contribution in [3.05, 3.63) is 0 Å². The summed E-state index contributed by atoms with van der Waals surface area (Å²) in [4.78, 5) is 24.8. The van der Waals surface area contributed by atoms with Gasteiger partial charge in [-0.05, 0) is 6.92 Å². The number of ether oxygens (including phenoxy) is 11. The fourth-order valence-corrected chi connectivity index (χ4v) is 9.00. The molecule has 0 radical (unpaired) electrons. The Morgan fingerprint density at radius 1 is 0.437 bits per heavy atom. The van der Waals surface area contributed by atoms with E-state index in [1.54, 1.807) is 0 Å². The minimum Gasteiger partial charge on any atom is -0.394 e. The number of nitrogens with one attached hydrogen (secondary N) is 2. The standard InChI is InChI=1S/C40H68N2O29/c1-10-20(48)26(54)29(57)37(64-10)63-9-18-34(21(49)13(7-61-18)41-11(2)46)69-36-19(42-12(3)47)25(53)33(16(6-45)67-36)70-40-32(60)35(71-39-31(59)28(56)23(51)15(5-44)66-39)24(52)17(68-40)8-62-38-30(58)27(55)22(50)14(4-43)65-38/h10,13-40,43-45,48-60H,4-9H2,1-3H3,(H,41,46)(H,42,47)/t10-,13-,14+,15+,16+,17+,18+,19+,20+,21+,22+,23+,24+,25+,26+,27-,28-,29-,30-,31-,32-,33+,34+,35-,36-,37+,38-,39+,40-/m0/s1. The molecule has 6 aliphatic heterocycles. The van der Waals surface area contributed by atoms with Crippen molar-refractivity contribution in [3.63, 3.8) is 0 Å². The van der Waals surface area contributed by atoms with Crippen LogP contribution in [0.3, 0.4) is 0 Å². The van der Waals surface area contributed by atoms with E-state index in [1.807, 2.05) is 0 Å². The van der Waals surface area contributed by atoms with Gasteiger partial charge in [-0.15, -0.1) is 0 Å². The Morgan fingerprint density at radius 2 is 0.873 bits per heavy atom. The van der Waals surface area contributed by atoms with Crippen LogP contribution in [0.25, 0.3) is 0 Å². The van der Waals surface area contributed by atoms with Crippen molar-refractivity contribution in [1.29, 1.82) is 0 Å². The molecule has 6 aliphatic rings. The van der Waals surface area contributed by atoms with Crippen molar-refractivity contribution in [1.82, 2.24) is 10.6 Å². The second-order valence-electron chi connectivity index (χ2n) is 18.2. The van der Waals surface area contributed by atoms with Crippen LogP contribution in [0.1, 0.15) is 20.8 Å². The van der Waals surface area contributed by atoms with Gasteiger partial charge in [0.1, 0.15) is 134 Å². The summed E-state index contributed by atoms with van der Waals surface area (Å²) in [5.41, 5.74) is 0. The van der Waals surface area contributed by atoms with Gasteiger partial charge in [-0.25, -0.2) is 0 Å². The second-order valence-corrected chi connectivity index (χ2v) is 18.2. The minimum absolute atomic E-state index is 0.326. The van der Waals surface area contributed by atoms with Gasteiger partial charge in [0.15, 0.2) is 31.5 Å². The smallest absolute Gasteiger partial charge is 0.217 e. The summed E-state index contributed by atoms with van der Waals surface area (Å²) >= 11 is 0. The molecule has 6 saturated heterocycles. The third-order valence-corrected chi connectivity index (χ3v) is 13.1. The Hall–Kier alpha value is -2.14. The Bertz CT molecular complexity index is 1690. The zero-order valence-corrected chi connectivity index (χ0v) is 38.4. The first kappa shape index (κ1) is 58.1. The number of carbonyl (C=O) groups is 2. The van der Waals surface area contributed by atoms with Gasteiger partial charge in [0.05, 0.1) is 51.8 Å². The highest BCUT2D eigenvalue weighted by molar-refractivity contribution is 5.73. The topological polar surface area (TPSA) is 483 Å². The van der Waals surface area contributed by atoms with Gasteiger partial charge in [-0.1, -0.05) is 0 Å². The van der Waals surface area contributed by atoms with Crippen molar-refractivity contribution in [2.24, 2.45) is 0 Å². The summed E-state index contributed by atoms with van der Waals surface area (Å²) in [7, 11) is 0. The van der Waals surface area contributed by atoms with Crippen LogP contribution in [0.2, 0.25) is 0 Å². The maximum Gasteiger partial charge on any atom is 0.217 e. The molecule has 29 atom stereocenters. The maximum absolute atomic E-state index is 12.7. The van der Waals surface area contributed by atoms with Crippen LogP contribution in [0, 0.1) is 0 Å². The van der Waals surface area contributed by atoms with Crippen LogP contribution in [-0.2, 0) is 61.7 Å². The summed E-state index contributed by atoms with van der Waals surface area (Å²) in [5.74, 6) is -1.40. The lowest BCUT2D eigenvalue weighted by Crippen LogP contribution is -2.70. The SMILES string of the molecule is CC(=O)N[C@H]1[C@H](O[C@H]2[C@H](O)[C@@H](NC(C)=O)CO[C@@H]2CO[C@@H]2O[C@@H](C)[C@@H](O)[C@@H](O)[C@@H]2O)O[C@H](CO)[C@@H](O[C@@H]2O[C@H](CO[C@H]3O[C@H](CO)[C@@H](O)[C@H](O)[C@@H]3O)[C@@H](O)[C@H](O[C@H]3O[C@H](CO)[C@@H](O)[C@H](O)[C@@H]3O)[C@@H]2O)[C@@H]1O. The molecular formula is C40H68N2O29. The van der Waals surface area contributed by atoms with Gasteiger partial charge in [0.25, 0.3) is 0 Å². The number of rotatable bonds is 17. The quantitative estimate of drug-likeness (QED) is 0.0643. The highest BCUT2D eigenvalue weighted by Crippen LogP contribution is 2.35. The molecule has 31 nitrogen and oxygen atoms in total. The molecule has 6 fully saturated rings. The lowest BCUT2D eigenvalue weighted by molar-refractivity contribution is -0.383. The Labute approximate surface area is 403 Å². The molecule has 0 aromatic carbocycles. The average molecular weight is 1040 g/mol. The van der Waals surface area contributed by atoms with Crippen LogP contribution in [0.4, 0.5) is 0 Å². The first-order valence-electron chi connectivity index (χ1n) is 22.8. The second kappa shape index (κ2) is 25.1. The number of aliphatic hydroxyl groups is 16. The van der Waals surface area contributed by atoms with E-state index in [2.05, 4.69) is 10.6 Å². The van der Waals surface area contributed by atoms with Crippen molar-refractivity contribution in [2.75, 3.05) is 39.6 Å². The maximum atomic E-state index is 12.7. The number of amides is 2. The van der Waals surface area contributed by atoms with Gasteiger partial charge in [-0.2, -0.15) is 0 Å². The lowest BCUT2D eigenvalue weighted by atomic mass is 9.94. The van der Waals surface area contributed by atoms with Crippen molar-refractivity contribution in [2.45, 2.75) is 199 Å². The molecule has 412 valence electrons. The van der Waals surface area contributed by atoms with Crippen molar-refractivity contribution in [3.8, 4) is 0 Å². The van der Waals surface area contributed by atoms with Gasteiger partial charge >= 0.3 is 0 Å². The zero-order chi connectivity index (χ0) is 52.3. The molecule has 0 aliphatic carbocycles. The predicted octanol–water partition coefficient (Wildman–Crippen LogP) is -12.1. The number of aliphatic hydroxyl groups excluding tert-OH is 16. The van der Waals surface area contributed by atoms with Gasteiger partial charge in [0.2, 0.25) is 11.8 Å². The van der Waals surface area contributed by atoms with Crippen molar-refractivity contribution >= 4 is 11.8 Å². The fourth-order valence-electron chi connectivity index (χ4n) is 9.00. The molecule has 2 amide bonds. The Balaban J connectivity index is 1.25. The molecule has 31 heteroatoms. The van der Waals surface area contributed by atoms with Crippen molar-refractivity contribution < 1.29 is 143 Å². The molecule has 0 bridgehead atoms. The van der Waals surface area contributed by atoms with Crippen LogP contribution >= 0.6 is 0 Å². The van der Waals surface area contributed by atoms with E-state index in [9.17, 15) is 91.3 Å². The summed E-state index contributed by atoms with van der Waals surface area (Å²) in [6.07, 6.45) is -47.9. The lowest BCUT2D eigenvalue weighted by Gasteiger charge is -2.50. The Morgan fingerprint density at radius 3 is 1.44 bits per heavy atom. The largest absolute Gasteiger partial charge is 0.394 e. The van der Waals surface area contributed by atoms with E-state index in [-0.39, 0.29) is 6.61 Å². The average Bonchev–Trinajstić information content (AvgIpc) is 3.33. The van der Waals surface area contributed by atoms with E-state index in [1.165, 1.54) is 6.92 Å². The number of carbonyl (C=O) groups excluding carboxylic acids is 2. The van der Waals surface area contributed by atoms with Gasteiger partial charge in [-0.3, -0.25) is 9.59 Å². The first-order chi connectivity index (χ1) is 33.5. The predicted molar refractivity (Wildman–Crippen MR) is 220 cm³/mol. The summed E-state index contributed by atoms with van der Waals surface area (Å²) in [6, 6.07) is -2.86. The molecule has 0 aromatic rings. The Kier molecular flexibility index (Phi) is 20.6. The van der Waals surface area contributed by atoms with Crippen LogP contribution in [0.5, 0.6) is 0 Å². The highest BCUT2D eigenvalue weighted by Gasteiger charge is 2.56. The summed E-state index contributed by atoms with van der Waals surface area (Å²) in [6.45, 7) is -0.901. The molecule has 71 heavy (non-hydrogen) atoms. The van der Waals surface area contributed by atoms with E-state index >= 15 is 0 Å². The molecule has 0 saturated carbocycles. The van der Waals surface area contributed by atoms with Gasteiger partial charge in [0, 0.05) is 13.8 Å². The van der Waals surface area contributed by atoms with Crippen LogP contribution < -0.4 is 10.6 Å². The third kappa shape index (κ3) is 12.9. The first-order valence-corrected chi connectivity index (χ1v) is 22.8. The minimum atomic E-state index is -2.21. The van der Waals surface area contributed by atoms with E-state index in [4.69, 9.17) is 52.1 Å². The molecule has 0 unspecified atom stereocenters. The molecule has 6 rings (SSSR count). The van der Waals surface area contributed by atoms with Crippen LogP contribution in [0.15, 0.2) is 0 Å².